The van der Waals surface area contributed by atoms with Gasteiger partial charge >= 0.3 is 0 Å². The number of hydrogen-bond acceptors (Lipinski definition) is 3. The lowest BCUT2D eigenvalue weighted by Crippen LogP contribution is -2.14. The molecule has 0 bridgehead atoms. The zero-order chi connectivity index (χ0) is 34.4. The zero-order valence-electron chi connectivity index (χ0n) is 28.6. The van der Waals surface area contributed by atoms with E-state index >= 15 is 0 Å². The molecule has 3 heteroatoms. The van der Waals surface area contributed by atoms with Crippen LogP contribution in [0.15, 0.2) is 176 Å². The van der Waals surface area contributed by atoms with Crippen LogP contribution in [0.4, 0.5) is 0 Å². The molecule has 0 unspecified atom stereocenters. The fourth-order valence-corrected chi connectivity index (χ4v) is 7.42. The molecule has 0 saturated heterocycles. The van der Waals surface area contributed by atoms with E-state index in [2.05, 4.69) is 166 Å². The SMILES string of the molecule is CC1(C)c2ccccc2-c2ccc(-c3cc(-c4ccccc4)cc(-c4nc(-c5ccccc5)nc(-c5cccc(-c6ccccc6)c5)n4)c3)cc21. The maximum atomic E-state index is 5.19. The number of fused-ring (bicyclic) bond motifs is 3. The molecule has 0 N–H and O–H groups in total. The summed E-state index contributed by atoms with van der Waals surface area (Å²) < 4.78 is 0. The second-order valence-electron chi connectivity index (χ2n) is 13.7. The van der Waals surface area contributed by atoms with Gasteiger partial charge in [-0.2, -0.15) is 0 Å². The quantitative estimate of drug-likeness (QED) is 0.179. The molecule has 0 amide bonds. The summed E-state index contributed by atoms with van der Waals surface area (Å²) in [6, 6.07) is 62.1. The number of rotatable bonds is 6. The Labute approximate surface area is 299 Å². The van der Waals surface area contributed by atoms with Crippen LogP contribution in [0.2, 0.25) is 0 Å². The van der Waals surface area contributed by atoms with Gasteiger partial charge in [-0.1, -0.05) is 159 Å². The minimum Gasteiger partial charge on any atom is -0.208 e. The highest BCUT2D eigenvalue weighted by Gasteiger charge is 2.35. The van der Waals surface area contributed by atoms with Crippen molar-refractivity contribution in [3.05, 3.63) is 187 Å². The highest BCUT2D eigenvalue weighted by atomic mass is 15.0. The maximum Gasteiger partial charge on any atom is 0.164 e. The summed E-state index contributed by atoms with van der Waals surface area (Å²) in [7, 11) is 0. The van der Waals surface area contributed by atoms with E-state index in [1.54, 1.807) is 0 Å². The van der Waals surface area contributed by atoms with Gasteiger partial charge in [0.2, 0.25) is 0 Å². The summed E-state index contributed by atoms with van der Waals surface area (Å²) in [6.07, 6.45) is 0. The van der Waals surface area contributed by atoms with Crippen LogP contribution in [0.5, 0.6) is 0 Å². The van der Waals surface area contributed by atoms with Crippen molar-refractivity contribution in [1.29, 1.82) is 0 Å². The first-order valence-corrected chi connectivity index (χ1v) is 17.4. The Morgan fingerprint density at radius 1 is 0.294 bits per heavy atom. The van der Waals surface area contributed by atoms with Gasteiger partial charge in [-0.15, -0.1) is 0 Å². The van der Waals surface area contributed by atoms with Gasteiger partial charge in [-0.3, -0.25) is 0 Å². The Morgan fingerprint density at radius 3 is 1.41 bits per heavy atom. The van der Waals surface area contributed by atoms with E-state index in [4.69, 9.17) is 15.0 Å². The molecule has 1 aliphatic rings. The Balaban J connectivity index is 1.23. The van der Waals surface area contributed by atoms with Crippen molar-refractivity contribution in [2.75, 3.05) is 0 Å². The van der Waals surface area contributed by atoms with Crippen LogP contribution in [0.3, 0.4) is 0 Å². The average Bonchev–Trinajstić information content (AvgIpc) is 3.44. The van der Waals surface area contributed by atoms with E-state index in [0.29, 0.717) is 17.5 Å². The maximum absolute atomic E-state index is 5.19. The molecule has 1 heterocycles. The van der Waals surface area contributed by atoms with Crippen LogP contribution in [0.25, 0.3) is 78.7 Å². The third kappa shape index (κ3) is 5.63. The summed E-state index contributed by atoms with van der Waals surface area (Å²) in [4.78, 5) is 15.4. The van der Waals surface area contributed by atoms with Crippen LogP contribution in [0.1, 0.15) is 25.0 Å². The first-order chi connectivity index (χ1) is 25.0. The van der Waals surface area contributed by atoms with Gasteiger partial charge < -0.3 is 0 Å². The van der Waals surface area contributed by atoms with E-state index in [-0.39, 0.29) is 5.41 Å². The van der Waals surface area contributed by atoms with Gasteiger partial charge in [0, 0.05) is 22.1 Å². The van der Waals surface area contributed by atoms with Crippen molar-refractivity contribution >= 4 is 0 Å². The van der Waals surface area contributed by atoms with Crippen LogP contribution in [0, 0.1) is 0 Å². The second kappa shape index (κ2) is 12.5. The Kier molecular flexibility index (Phi) is 7.48. The Hall–Kier alpha value is -6.45. The van der Waals surface area contributed by atoms with Crippen molar-refractivity contribution < 1.29 is 0 Å². The van der Waals surface area contributed by atoms with Crippen molar-refractivity contribution in [2.24, 2.45) is 0 Å². The summed E-state index contributed by atoms with van der Waals surface area (Å²) in [5.74, 6) is 1.92. The van der Waals surface area contributed by atoms with Gasteiger partial charge in [-0.25, -0.2) is 15.0 Å². The van der Waals surface area contributed by atoms with Crippen LogP contribution >= 0.6 is 0 Å². The standard InChI is InChI=1S/C48H35N3/c1-48(2)43-24-13-12-23-41(43)42-26-25-36(31-44(42)48)39-28-38(33-17-8-4-9-18-33)29-40(30-39)47-50-45(34-19-10-5-11-20-34)49-46(51-47)37-22-14-21-35(27-37)32-15-6-3-7-16-32/h3-31H,1-2H3. The lowest BCUT2D eigenvalue weighted by molar-refractivity contribution is 0.660. The largest absolute Gasteiger partial charge is 0.208 e. The zero-order valence-corrected chi connectivity index (χ0v) is 28.6. The molecule has 1 aliphatic carbocycles. The first-order valence-electron chi connectivity index (χ1n) is 17.4. The molecule has 8 aromatic rings. The predicted molar refractivity (Wildman–Crippen MR) is 210 cm³/mol. The molecule has 0 spiro atoms. The predicted octanol–water partition coefficient (Wildman–Crippen LogP) is 12.2. The summed E-state index contributed by atoms with van der Waals surface area (Å²) in [5.41, 5.74) is 14.9. The molecule has 1 aromatic heterocycles. The number of benzene rings is 7. The van der Waals surface area contributed by atoms with Gasteiger partial charge in [-0.05, 0) is 86.0 Å². The van der Waals surface area contributed by atoms with Crippen molar-refractivity contribution in [1.82, 2.24) is 15.0 Å². The number of nitrogens with zero attached hydrogens (tertiary/aromatic N) is 3. The lowest BCUT2D eigenvalue weighted by atomic mass is 9.81. The first kappa shape index (κ1) is 30.6. The molecule has 7 aromatic carbocycles. The van der Waals surface area contributed by atoms with Crippen LogP contribution < -0.4 is 0 Å². The fourth-order valence-electron chi connectivity index (χ4n) is 7.42. The van der Waals surface area contributed by atoms with E-state index < -0.39 is 0 Å². The lowest BCUT2D eigenvalue weighted by Gasteiger charge is -2.22. The van der Waals surface area contributed by atoms with Gasteiger partial charge in [0.25, 0.3) is 0 Å². The summed E-state index contributed by atoms with van der Waals surface area (Å²) in [5, 5.41) is 0. The van der Waals surface area contributed by atoms with Crippen LogP contribution in [-0.2, 0) is 5.41 Å². The number of hydrogen-bond donors (Lipinski definition) is 0. The molecular weight excluding hydrogens is 619 g/mol. The minimum atomic E-state index is -0.0935. The molecule has 0 atom stereocenters. The monoisotopic (exact) mass is 653 g/mol. The summed E-state index contributed by atoms with van der Waals surface area (Å²) >= 11 is 0. The third-order valence-electron chi connectivity index (χ3n) is 10.1. The van der Waals surface area contributed by atoms with Gasteiger partial charge in [0.1, 0.15) is 0 Å². The van der Waals surface area contributed by atoms with E-state index in [0.717, 1.165) is 44.5 Å². The molecule has 0 aliphatic heterocycles. The highest BCUT2D eigenvalue weighted by Crippen LogP contribution is 2.49. The average molecular weight is 654 g/mol. The fraction of sp³-hybridized carbons (Fsp3) is 0.0625. The highest BCUT2D eigenvalue weighted by molar-refractivity contribution is 5.86. The molecule has 9 rings (SSSR count). The smallest absolute Gasteiger partial charge is 0.164 e. The third-order valence-corrected chi connectivity index (χ3v) is 10.1. The number of aromatic nitrogens is 3. The van der Waals surface area contributed by atoms with Gasteiger partial charge in [0.05, 0.1) is 0 Å². The van der Waals surface area contributed by atoms with E-state index in [1.165, 1.54) is 27.8 Å². The van der Waals surface area contributed by atoms with E-state index in [9.17, 15) is 0 Å². The Morgan fingerprint density at radius 2 is 0.725 bits per heavy atom. The van der Waals surface area contributed by atoms with E-state index in [1.807, 2.05) is 24.3 Å². The molecule has 242 valence electrons. The van der Waals surface area contributed by atoms with Crippen molar-refractivity contribution in [3.8, 4) is 78.7 Å². The Bertz CT molecular complexity index is 2540. The second-order valence-corrected chi connectivity index (χ2v) is 13.7. The molecular formula is C48H35N3. The van der Waals surface area contributed by atoms with Crippen molar-refractivity contribution in [2.45, 2.75) is 19.3 Å². The minimum absolute atomic E-state index is 0.0935. The molecule has 51 heavy (non-hydrogen) atoms. The molecule has 0 fully saturated rings. The molecule has 0 radical (unpaired) electrons. The normalized spacial score (nSPS) is 12.7. The molecule has 0 saturated carbocycles. The van der Waals surface area contributed by atoms with Crippen LogP contribution in [-0.4, -0.2) is 15.0 Å². The van der Waals surface area contributed by atoms with Crippen molar-refractivity contribution in [3.63, 3.8) is 0 Å². The summed E-state index contributed by atoms with van der Waals surface area (Å²) in [6.45, 7) is 4.66. The topological polar surface area (TPSA) is 38.7 Å². The van der Waals surface area contributed by atoms with Gasteiger partial charge in [0.15, 0.2) is 17.5 Å². The molecule has 3 nitrogen and oxygen atoms in total.